The van der Waals surface area contributed by atoms with Gasteiger partial charge in [-0.2, -0.15) is 9.13 Å². The first-order chi connectivity index (χ1) is 32.0. The van der Waals surface area contributed by atoms with Crippen LogP contribution in [0.25, 0.3) is 54.1 Å². The minimum absolute atomic E-state index is 0.146. The number of halogens is 2. The Morgan fingerprint density at radius 3 is 1.96 bits per heavy atom. The number of thiazole rings is 2. The standard InChI is InChI=1S/C27H22N2O3S3.C20H16Cl2N2O5S3/c1-28-24(33-22-13-11-18-7-2-4-9-20(18)26(22)28)17-25-29(15-6-16-35(30,31)32)27-21-10-5-3-8-19(21)12-14-23(27)34-25;21-12-2-4-16-14(8-12)23(6-1-7-32(27,28)29)18(30-16)10-19-24(11-20(25)26)15-9-13(22)3-5-17(15)31-19/h2-5,7-14,17H,6,15-16H2,1H3;2-5,8-10H,1,6-7,11H2,(H-,25,26,27,28,29). The number of aryl methyl sites for hydroxylation is 1. The average molecular weight is 1050 g/mol. The number of aromatic nitrogens is 2. The molecule has 0 aliphatic carbocycles. The summed E-state index contributed by atoms with van der Waals surface area (Å²) in [5.41, 5.74) is 3.81. The number of thioether (sulfide) groups is 2. The smallest absolute Gasteiger partial charge is 0.370 e. The quantitative estimate of drug-likeness (QED) is 0.0911. The van der Waals surface area contributed by atoms with E-state index < -0.39 is 32.0 Å². The molecule has 0 atom stereocenters. The second-order valence-corrected chi connectivity index (χ2v) is 23.8. The second kappa shape index (κ2) is 19.3. The Labute approximate surface area is 412 Å². The number of carboxylic acids is 1. The van der Waals surface area contributed by atoms with Crippen molar-refractivity contribution in [2.75, 3.05) is 34.4 Å². The normalized spacial score (nSPS) is 15.0. The van der Waals surface area contributed by atoms with Crippen molar-refractivity contribution in [3.05, 3.63) is 139 Å². The van der Waals surface area contributed by atoms with Crippen molar-refractivity contribution in [2.45, 2.75) is 29.2 Å². The fraction of sp³-hybridized carbons (Fsp3) is 0.170. The Bertz CT molecular complexity index is 3580. The van der Waals surface area contributed by atoms with Crippen LogP contribution >= 0.6 is 69.4 Å². The van der Waals surface area contributed by atoms with Gasteiger partial charge >= 0.3 is 5.97 Å². The minimum atomic E-state index is -4.33. The van der Waals surface area contributed by atoms with Gasteiger partial charge in [0.1, 0.15) is 16.4 Å². The minimum Gasteiger partial charge on any atom is -0.748 e. The molecule has 0 amide bonds. The van der Waals surface area contributed by atoms with E-state index in [1.807, 2.05) is 35.2 Å². The van der Waals surface area contributed by atoms with Crippen molar-refractivity contribution in [1.82, 2.24) is 0 Å². The van der Waals surface area contributed by atoms with Crippen LogP contribution in [0.5, 0.6) is 0 Å². The molecule has 0 saturated carbocycles. The van der Waals surface area contributed by atoms with E-state index in [4.69, 9.17) is 23.2 Å². The maximum absolute atomic E-state index is 11.5. The van der Waals surface area contributed by atoms with Crippen LogP contribution in [0.2, 0.25) is 10.0 Å². The van der Waals surface area contributed by atoms with Gasteiger partial charge in [0, 0.05) is 55.9 Å². The third-order valence-corrected chi connectivity index (χ3v) is 17.6. The largest absolute Gasteiger partial charge is 0.748 e. The molecule has 2 aliphatic heterocycles. The molecule has 2 aliphatic rings. The topological polar surface area (TPSA) is 166 Å². The number of benzene rings is 6. The summed E-state index contributed by atoms with van der Waals surface area (Å²) in [4.78, 5) is 17.7. The molecule has 0 saturated heterocycles. The molecule has 0 bridgehead atoms. The molecule has 0 unspecified atom stereocenters. The molecule has 0 spiro atoms. The van der Waals surface area contributed by atoms with Crippen molar-refractivity contribution in [3.8, 4) is 0 Å². The molecule has 12 nitrogen and oxygen atoms in total. The van der Waals surface area contributed by atoms with Gasteiger partial charge in [0.15, 0.2) is 0 Å². The Hall–Kier alpha value is -4.73. The zero-order valence-corrected chi connectivity index (χ0v) is 41.7. The lowest BCUT2D eigenvalue weighted by Gasteiger charge is -2.22. The summed E-state index contributed by atoms with van der Waals surface area (Å²) in [6.07, 6.45) is 4.47. The fourth-order valence-electron chi connectivity index (χ4n) is 8.19. The summed E-state index contributed by atoms with van der Waals surface area (Å²) < 4.78 is 73.1. The van der Waals surface area contributed by atoms with Crippen LogP contribution in [0, 0.1) is 0 Å². The first kappa shape index (κ1) is 47.3. The summed E-state index contributed by atoms with van der Waals surface area (Å²) in [5.74, 6) is -1.83. The first-order valence-corrected chi connectivity index (χ1v) is 27.8. The van der Waals surface area contributed by atoms with E-state index in [1.54, 1.807) is 51.9 Å². The van der Waals surface area contributed by atoms with E-state index in [0.717, 1.165) is 51.7 Å². The van der Waals surface area contributed by atoms with Crippen LogP contribution in [0.4, 0.5) is 11.4 Å². The lowest BCUT2D eigenvalue weighted by Crippen LogP contribution is -2.39. The maximum atomic E-state index is 11.5. The Balaban J connectivity index is 0.000000169. The van der Waals surface area contributed by atoms with Gasteiger partial charge in [0.25, 0.3) is 10.0 Å². The van der Waals surface area contributed by atoms with E-state index in [-0.39, 0.29) is 25.1 Å². The third-order valence-electron chi connectivity index (χ3n) is 11.1. The van der Waals surface area contributed by atoms with Crippen molar-refractivity contribution < 1.29 is 45.0 Å². The average Bonchev–Trinajstić information content (AvgIpc) is 4.00. The molecule has 6 aromatic carbocycles. The molecular formula is C47H38Cl2N4O8S6. The van der Waals surface area contributed by atoms with Crippen molar-refractivity contribution in [1.29, 1.82) is 0 Å². The molecule has 10 rings (SSSR count). The summed E-state index contributed by atoms with van der Waals surface area (Å²) in [7, 11) is -6.50. The van der Waals surface area contributed by atoms with E-state index in [2.05, 4.69) is 83.3 Å². The predicted molar refractivity (Wildman–Crippen MR) is 271 cm³/mol. The number of rotatable bonds is 12. The monoisotopic (exact) mass is 1050 g/mol. The number of hydrogen-bond acceptors (Lipinski definition) is 13. The third kappa shape index (κ3) is 10.5. The number of fused-ring (bicyclic) bond motifs is 8. The van der Waals surface area contributed by atoms with Gasteiger partial charge in [0.05, 0.1) is 59.2 Å². The molecular weight excluding hydrogens is 1010 g/mol. The van der Waals surface area contributed by atoms with Crippen LogP contribution in [0.15, 0.2) is 129 Å². The SMILES string of the molecule is C[n+]1c(C=C2Sc3ccc4ccccc4c3N2CCCS(=O)(=O)[O-])sc2ccc3ccccc3c21.O=C(O)C[n+]1c(C=C2Sc3ccc(Cl)cc3N2CCCS(=O)(=O)[O-])sc2ccc(Cl)cc21. The zero-order chi connectivity index (χ0) is 47.2. The van der Waals surface area contributed by atoms with Gasteiger partial charge in [-0.05, 0) is 72.1 Å². The second-order valence-electron chi connectivity index (χ2n) is 15.6. The number of aliphatic carboxylic acids is 1. The number of carboxylic acid groups (broad SMARTS) is 1. The molecule has 8 aromatic rings. The predicted octanol–water partition coefficient (Wildman–Crippen LogP) is 10.3. The lowest BCUT2D eigenvalue weighted by molar-refractivity contribution is -0.657. The van der Waals surface area contributed by atoms with Gasteiger partial charge < -0.3 is 24.0 Å². The van der Waals surface area contributed by atoms with E-state index in [9.17, 15) is 35.8 Å². The number of hydrogen-bond donors (Lipinski definition) is 1. The molecule has 1 N–H and O–H groups in total. The van der Waals surface area contributed by atoms with E-state index in [0.29, 0.717) is 33.7 Å². The summed E-state index contributed by atoms with van der Waals surface area (Å²) in [5, 5.41) is 18.8. The lowest BCUT2D eigenvalue weighted by atomic mass is 10.1. The first-order valence-electron chi connectivity index (χ1n) is 20.7. The van der Waals surface area contributed by atoms with Gasteiger partial charge in [-0.3, -0.25) is 0 Å². The fourth-order valence-corrected chi connectivity index (χ4v) is 14.1. The number of nitrogens with zero attached hydrogens (tertiary/aromatic N) is 4. The number of anilines is 2. The van der Waals surface area contributed by atoms with Crippen molar-refractivity contribution >= 4 is 161 Å². The van der Waals surface area contributed by atoms with Crippen LogP contribution in [0.3, 0.4) is 0 Å². The highest BCUT2D eigenvalue weighted by atomic mass is 35.5. The molecule has 0 fully saturated rings. The highest BCUT2D eigenvalue weighted by molar-refractivity contribution is 8.04. The molecule has 20 heteroatoms. The van der Waals surface area contributed by atoms with E-state index >= 15 is 0 Å². The maximum Gasteiger partial charge on any atom is 0.370 e. The summed E-state index contributed by atoms with van der Waals surface area (Å²) >= 11 is 18.6. The molecule has 2 aromatic heterocycles. The Morgan fingerprint density at radius 2 is 1.24 bits per heavy atom. The summed E-state index contributed by atoms with van der Waals surface area (Å²) in [6, 6.07) is 35.9. The Kier molecular flexibility index (Phi) is 13.7. The van der Waals surface area contributed by atoms with Gasteiger partial charge in [0.2, 0.25) is 17.6 Å². The van der Waals surface area contributed by atoms with Crippen molar-refractivity contribution in [3.63, 3.8) is 0 Å². The van der Waals surface area contributed by atoms with Crippen LogP contribution in [0.1, 0.15) is 22.9 Å². The molecule has 4 heterocycles. The number of carbonyl (C=O) groups is 1. The van der Waals surface area contributed by atoms with Gasteiger partial charge in [-0.25, -0.2) is 21.6 Å². The van der Waals surface area contributed by atoms with E-state index in [1.165, 1.54) is 44.1 Å². The van der Waals surface area contributed by atoms with Gasteiger partial charge in [-0.1, -0.05) is 124 Å². The van der Waals surface area contributed by atoms with Gasteiger partial charge in [-0.15, -0.1) is 0 Å². The molecule has 67 heavy (non-hydrogen) atoms. The zero-order valence-electron chi connectivity index (χ0n) is 35.3. The van der Waals surface area contributed by atoms with Crippen LogP contribution in [-0.2, 0) is 38.6 Å². The molecule has 0 radical (unpaired) electrons. The van der Waals surface area contributed by atoms with Crippen LogP contribution < -0.4 is 18.9 Å². The molecule has 344 valence electrons. The van der Waals surface area contributed by atoms with Crippen molar-refractivity contribution in [2.24, 2.45) is 7.05 Å². The summed E-state index contributed by atoms with van der Waals surface area (Å²) in [6.45, 7) is 0.513. The highest BCUT2D eigenvalue weighted by Crippen LogP contribution is 2.51. The highest BCUT2D eigenvalue weighted by Gasteiger charge is 2.31. The Morgan fingerprint density at radius 1 is 0.687 bits per heavy atom. The van der Waals surface area contributed by atoms with Crippen LogP contribution in [-0.4, -0.2) is 61.6 Å².